The first-order chi connectivity index (χ1) is 13.9. The normalized spacial score (nSPS) is 18.9. The Balaban J connectivity index is 1.53. The summed E-state index contributed by atoms with van der Waals surface area (Å²) in [5.41, 5.74) is 7.10. The fourth-order valence-corrected chi connectivity index (χ4v) is 5.24. The molecule has 4 rings (SSSR count). The number of rotatable bonds is 3. The molecular formula is C26H34N2O. The molecule has 1 fully saturated rings. The fraction of sp³-hybridized carbons (Fsp3) is 0.500. The van der Waals surface area contributed by atoms with Crippen LogP contribution in [0.15, 0.2) is 42.5 Å². The highest BCUT2D eigenvalue weighted by molar-refractivity contribution is 5.78. The number of hydrogen-bond acceptors (Lipinski definition) is 2. The van der Waals surface area contributed by atoms with E-state index in [0.717, 1.165) is 45.6 Å². The van der Waals surface area contributed by atoms with Crippen molar-refractivity contribution in [3.8, 4) is 0 Å². The van der Waals surface area contributed by atoms with E-state index in [0.29, 0.717) is 0 Å². The number of nitrogens with zero attached hydrogens (tertiary/aromatic N) is 2. The van der Waals surface area contributed by atoms with Gasteiger partial charge in [-0.2, -0.15) is 0 Å². The van der Waals surface area contributed by atoms with Crippen LogP contribution in [0.5, 0.6) is 0 Å². The average molecular weight is 391 g/mol. The van der Waals surface area contributed by atoms with Gasteiger partial charge in [0, 0.05) is 31.0 Å². The first-order valence-electron chi connectivity index (χ1n) is 11.0. The smallest absolute Gasteiger partial charge is 0.225 e. The van der Waals surface area contributed by atoms with Crippen molar-refractivity contribution >= 4 is 5.91 Å². The second-order valence-electron chi connectivity index (χ2n) is 9.49. The van der Waals surface area contributed by atoms with Gasteiger partial charge in [0.05, 0.1) is 0 Å². The molecule has 29 heavy (non-hydrogen) atoms. The number of amides is 1. The van der Waals surface area contributed by atoms with Crippen LogP contribution < -0.4 is 0 Å². The van der Waals surface area contributed by atoms with E-state index in [1.165, 1.54) is 27.8 Å². The first kappa shape index (κ1) is 20.2. The van der Waals surface area contributed by atoms with Gasteiger partial charge in [0.15, 0.2) is 0 Å². The zero-order valence-corrected chi connectivity index (χ0v) is 18.4. The summed E-state index contributed by atoms with van der Waals surface area (Å²) in [5.74, 6) is 0.346. The third-order valence-corrected chi connectivity index (χ3v) is 6.95. The second-order valence-corrected chi connectivity index (χ2v) is 9.49. The molecule has 3 nitrogen and oxygen atoms in total. The van der Waals surface area contributed by atoms with Crippen LogP contribution in [0, 0.1) is 19.8 Å². The number of carbonyl (C=O) groups excluding carboxylic acids is 1. The molecule has 2 aromatic carbocycles. The maximum absolute atomic E-state index is 12.8. The molecule has 0 aliphatic carbocycles. The highest BCUT2D eigenvalue weighted by Gasteiger charge is 2.43. The molecule has 1 saturated heterocycles. The van der Waals surface area contributed by atoms with Crippen molar-refractivity contribution in [3.05, 3.63) is 70.3 Å². The Kier molecular flexibility index (Phi) is 5.52. The SMILES string of the molecule is Cc1ccc(CN2CCC3(CC2)CN(C(=O)C(C)C)Cc2ccccc23)c(C)c1. The average Bonchev–Trinajstić information content (AvgIpc) is 2.71. The van der Waals surface area contributed by atoms with Crippen molar-refractivity contribution in [2.75, 3.05) is 19.6 Å². The number of piperidine rings is 1. The molecule has 0 atom stereocenters. The topological polar surface area (TPSA) is 23.6 Å². The Morgan fingerprint density at radius 3 is 2.48 bits per heavy atom. The van der Waals surface area contributed by atoms with Crippen molar-refractivity contribution in [1.82, 2.24) is 9.80 Å². The number of hydrogen-bond donors (Lipinski definition) is 0. The molecule has 2 aliphatic rings. The summed E-state index contributed by atoms with van der Waals surface area (Å²) in [5, 5.41) is 0. The van der Waals surface area contributed by atoms with Crippen LogP contribution in [-0.4, -0.2) is 35.3 Å². The zero-order chi connectivity index (χ0) is 20.6. The molecule has 0 unspecified atom stereocenters. The van der Waals surface area contributed by atoms with E-state index in [-0.39, 0.29) is 17.2 Å². The maximum Gasteiger partial charge on any atom is 0.225 e. The van der Waals surface area contributed by atoms with Crippen LogP contribution in [0.25, 0.3) is 0 Å². The van der Waals surface area contributed by atoms with Crippen LogP contribution in [0.1, 0.15) is 54.5 Å². The Morgan fingerprint density at radius 1 is 1.07 bits per heavy atom. The molecule has 2 heterocycles. The van der Waals surface area contributed by atoms with Crippen molar-refractivity contribution < 1.29 is 4.79 Å². The minimum atomic E-state index is 0.0573. The molecule has 1 amide bonds. The van der Waals surface area contributed by atoms with Gasteiger partial charge in [-0.15, -0.1) is 0 Å². The summed E-state index contributed by atoms with van der Waals surface area (Å²) in [4.78, 5) is 17.5. The minimum absolute atomic E-state index is 0.0573. The summed E-state index contributed by atoms with van der Waals surface area (Å²) in [6.07, 6.45) is 2.24. The fourth-order valence-electron chi connectivity index (χ4n) is 5.24. The Hall–Kier alpha value is -2.13. The lowest BCUT2D eigenvalue weighted by atomic mass is 9.68. The molecule has 0 aromatic heterocycles. The Morgan fingerprint density at radius 2 is 1.79 bits per heavy atom. The summed E-state index contributed by atoms with van der Waals surface area (Å²) in [6, 6.07) is 15.6. The van der Waals surface area contributed by atoms with Crippen LogP contribution in [0.3, 0.4) is 0 Å². The molecular weight excluding hydrogens is 356 g/mol. The van der Waals surface area contributed by atoms with Gasteiger partial charge in [-0.25, -0.2) is 0 Å². The summed E-state index contributed by atoms with van der Waals surface area (Å²) in [7, 11) is 0. The number of fused-ring (bicyclic) bond motifs is 2. The van der Waals surface area contributed by atoms with Gasteiger partial charge in [0.25, 0.3) is 0 Å². The number of aryl methyl sites for hydroxylation is 2. The molecule has 0 N–H and O–H groups in total. The van der Waals surface area contributed by atoms with Crippen LogP contribution in [0.4, 0.5) is 0 Å². The molecule has 0 saturated carbocycles. The summed E-state index contributed by atoms with van der Waals surface area (Å²) in [6.45, 7) is 13.3. The molecule has 0 bridgehead atoms. The first-order valence-corrected chi connectivity index (χ1v) is 11.0. The van der Waals surface area contributed by atoms with Gasteiger partial charge in [-0.05, 0) is 62.0 Å². The standard InChI is InChI=1S/C26H34N2O/c1-19(2)25(29)28-17-23-7-5-6-8-24(23)26(18-28)11-13-27(14-12-26)16-22-10-9-20(3)15-21(22)4/h5-10,15,19H,11-14,16-18H2,1-4H3. The van der Waals surface area contributed by atoms with Gasteiger partial charge in [-0.3, -0.25) is 9.69 Å². The summed E-state index contributed by atoms with van der Waals surface area (Å²) >= 11 is 0. The van der Waals surface area contributed by atoms with Crippen molar-refractivity contribution in [2.24, 2.45) is 5.92 Å². The van der Waals surface area contributed by atoms with E-state index in [1.54, 1.807) is 0 Å². The van der Waals surface area contributed by atoms with E-state index >= 15 is 0 Å². The van der Waals surface area contributed by atoms with Gasteiger partial charge < -0.3 is 4.90 Å². The van der Waals surface area contributed by atoms with E-state index in [1.807, 2.05) is 13.8 Å². The predicted octanol–water partition coefficient (Wildman–Crippen LogP) is 4.84. The lowest BCUT2D eigenvalue weighted by Crippen LogP contribution is -2.53. The molecule has 1 spiro atoms. The van der Waals surface area contributed by atoms with E-state index in [2.05, 4.69) is 66.1 Å². The van der Waals surface area contributed by atoms with Crippen LogP contribution >= 0.6 is 0 Å². The van der Waals surface area contributed by atoms with Crippen molar-refractivity contribution in [2.45, 2.75) is 59.0 Å². The molecule has 154 valence electrons. The molecule has 0 radical (unpaired) electrons. The van der Waals surface area contributed by atoms with Gasteiger partial charge >= 0.3 is 0 Å². The Labute approximate surface area is 175 Å². The zero-order valence-electron chi connectivity index (χ0n) is 18.4. The number of likely N-dealkylation sites (tertiary alicyclic amines) is 1. The maximum atomic E-state index is 12.8. The quantitative estimate of drug-likeness (QED) is 0.749. The van der Waals surface area contributed by atoms with Crippen molar-refractivity contribution in [1.29, 1.82) is 0 Å². The third kappa shape index (κ3) is 3.98. The predicted molar refractivity (Wildman–Crippen MR) is 119 cm³/mol. The minimum Gasteiger partial charge on any atom is -0.337 e. The molecule has 2 aromatic rings. The third-order valence-electron chi connectivity index (χ3n) is 6.95. The molecule has 2 aliphatic heterocycles. The van der Waals surface area contributed by atoms with Crippen molar-refractivity contribution in [3.63, 3.8) is 0 Å². The highest BCUT2D eigenvalue weighted by atomic mass is 16.2. The largest absolute Gasteiger partial charge is 0.337 e. The number of carbonyl (C=O) groups is 1. The van der Waals surface area contributed by atoms with Gasteiger partial charge in [0.1, 0.15) is 0 Å². The van der Waals surface area contributed by atoms with E-state index in [9.17, 15) is 4.79 Å². The monoisotopic (exact) mass is 390 g/mol. The van der Waals surface area contributed by atoms with Crippen LogP contribution in [0.2, 0.25) is 0 Å². The van der Waals surface area contributed by atoms with E-state index < -0.39 is 0 Å². The van der Waals surface area contributed by atoms with Gasteiger partial charge in [-0.1, -0.05) is 61.9 Å². The van der Waals surface area contributed by atoms with E-state index in [4.69, 9.17) is 0 Å². The summed E-state index contributed by atoms with van der Waals surface area (Å²) < 4.78 is 0. The second kappa shape index (κ2) is 7.95. The Bertz CT molecular complexity index is 893. The van der Waals surface area contributed by atoms with Crippen LogP contribution in [-0.2, 0) is 23.3 Å². The molecule has 3 heteroatoms. The van der Waals surface area contributed by atoms with Gasteiger partial charge in [0.2, 0.25) is 5.91 Å². The highest BCUT2D eigenvalue weighted by Crippen LogP contribution is 2.42. The lowest BCUT2D eigenvalue weighted by molar-refractivity contribution is -0.137. The number of benzene rings is 2. The lowest BCUT2D eigenvalue weighted by Gasteiger charge is -2.49.